The van der Waals surface area contributed by atoms with E-state index in [9.17, 15) is 14.8 Å². The third kappa shape index (κ3) is 5.48. The number of alkyl halides is 1. The van der Waals surface area contributed by atoms with Crippen LogP contribution in [0, 0.1) is 51.2 Å². The van der Waals surface area contributed by atoms with E-state index in [1.165, 1.54) is 50.5 Å². The first kappa shape index (κ1) is 28.9. The van der Waals surface area contributed by atoms with Crippen molar-refractivity contribution < 1.29 is 9.90 Å². The summed E-state index contributed by atoms with van der Waals surface area (Å²) in [6.45, 7) is 12.2. The average Bonchev–Trinajstić information content (AvgIpc) is 3.20. The van der Waals surface area contributed by atoms with Crippen molar-refractivity contribution in [1.29, 1.82) is 0 Å². The second kappa shape index (κ2) is 11.5. The molecule has 2 amide bonds. The standard InChI is InChI=1S/C30H50ClN3O3/c1-19(2)7-6-8-20(3)23-9-10-24-27-25(12-14-30(23,24)5)29(4)13-11-22(35)17-21(29)18-26(27)32-28(36)34(33-37)16-15-31/h18-20,22-27,35H,6-17H2,1-5H3,(H,32,36)/t20-,22+,23-,24?,25?,26?,27?,29+,30-/m1/s1. The zero-order chi connectivity index (χ0) is 27.0. The number of amides is 2. The molecule has 7 heteroatoms. The fourth-order valence-electron chi connectivity index (χ4n) is 9.30. The van der Waals surface area contributed by atoms with Crippen LogP contribution in [0.15, 0.2) is 16.9 Å². The summed E-state index contributed by atoms with van der Waals surface area (Å²) in [5, 5.41) is 17.6. The number of hydrogen-bond donors (Lipinski definition) is 2. The Morgan fingerprint density at radius 1 is 1.16 bits per heavy atom. The van der Waals surface area contributed by atoms with E-state index in [0.717, 1.165) is 29.7 Å². The molecule has 0 heterocycles. The van der Waals surface area contributed by atoms with Gasteiger partial charge in [-0.15, -0.1) is 16.5 Å². The van der Waals surface area contributed by atoms with E-state index in [4.69, 9.17) is 11.6 Å². The van der Waals surface area contributed by atoms with Crippen molar-refractivity contribution in [1.82, 2.24) is 10.3 Å². The summed E-state index contributed by atoms with van der Waals surface area (Å²) < 4.78 is 0. The van der Waals surface area contributed by atoms with Gasteiger partial charge in [-0.25, -0.2) is 4.79 Å². The van der Waals surface area contributed by atoms with Crippen molar-refractivity contribution in [3.8, 4) is 0 Å². The van der Waals surface area contributed by atoms with Crippen LogP contribution >= 0.6 is 11.6 Å². The maximum atomic E-state index is 13.1. The van der Waals surface area contributed by atoms with Gasteiger partial charge in [-0.05, 0) is 91.3 Å². The van der Waals surface area contributed by atoms with E-state index >= 15 is 0 Å². The lowest BCUT2D eigenvalue weighted by molar-refractivity contribution is -0.0664. The Balaban J connectivity index is 1.63. The smallest absolute Gasteiger partial charge is 0.340 e. The largest absolute Gasteiger partial charge is 0.393 e. The van der Waals surface area contributed by atoms with Crippen molar-refractivity contribution in [3.63, 3.8) is 0 Å². The topological polar surface area (TPSA) is 82.0 Å². The molecule has 4 rings (SSSR count). The van der Waals surface area contributed by atoms with Crippen LogP contribution in [-0.4, -0.2) is 40.7 Å². The van der Waals surface area contributed by atoms with Gasteiger partial charge in [-0.3, -0.25) is 0 Å². The van der Waals surface area contributed by atoms with E-state index in [-0.39, 0.29) is 35.4 Å². The molecule has 210 valence electrons. The van der Waals surface area contributed by atoms with Crippen LogP contribution < -0.4 is 5.32 Å². The van der Waals surface area contributed by atoms with Gasteiger partial charge < -0.3 is 10.4 Å². The third-order valence-electron chi connectivity index (χ3n) is 11.3. The molecule has 9 atom stereocenters. The normalized spacial score (nSPS) is 39.7. The number of nitrogens with zero attached hydrogens (tertiary/aromatic N) is 2. The molecule has 0 aromatic heterocycles. The second-order valence-electron chi connectivity index (χ2n) is 13.7. The second-order valence-corrected chi connectivity index (χ2v) is 14.1. The number of aliphatic hydroxyl groups excluding tert-OH is 1. The van der Waals surface area contributed by atoms with E-state index in [0.29, 0.717) is 30.1 Å². The van der Waals surface area contributed by atoms with Gasteiger partial charge in [0.15, 0.2) is 0 Å². The van der Waals surface area contributed by atoms with Crippen LogP contribution in [0.1, 0.15) is 98.8 Å². The number of carbonyl (C=O) groups excluding carboxylic acids is 1. The Bertz CT molecular complexity index is 865. The lowest BCUT2D eigenvalue weighted by atomic mass is 9.46. The molecule has 0 spiro atoms. The number of halogens is 1. The summed E-state index contributed by atoms with van der Waals surface area (Å²) >= 11 is 5.83. The Morgan fingerprint density at radius 2 is 1.92 bits per heavy atom. The molecule has 0 aromatic carbocycles. The minimum atomic E-state index is -0.458. The van der Waals surface area contributed by atoms with Crippen molar-refractivity contribution in [3.05, 3.63) is 16.6 Å². The van der Waals surface area contributed by atoms with Crippen molar-refractivity contribution >= 4 is 17.6 Å². The highest BCUT2D eigenvalue weighted by atomic mass is 35.5. The van der Waals surface area contributed by atoms with E-state index in [1.807, 2.05) is 0 Å². The molecule has 0 bridgehead atoms. The first-order chi connectivity index (χ1) is 17.5. The van der Waals surface area contributed by atoms with Crippen LogP contribution in [0.25, 0.3) is 0 Å². The van der Waals surface area contributed by atoms with Crippen LogP contribution in [0.5, 0.6) is 0 Å². The summed E-state index contributed by atoms with van der Waals surface area (Å²) in [6.07, 6.45) is 13.3. The SMILES string of the molecule is CC(C)CCC[C@@H](C)[C@H]1CCC2C3C(NC(=O)N(CCCl)N=O)C=C4C[C@@H](O)CC[C@]4(C)C3CC[C@@]21C. The Labute approximate surface area is 229 Å². The fourth-order valence-corrected chi connectivity index (χ4v) is 9.46. The Kier molecular flexibility index (Phi) is 9.00. The third-order valence-corrected chi connectivity index (χ3v) is 11.4. The molecule has 3 fully saturated rings. The number of nitrogens with one attached hydrogen (secondary N) is 1. The van der Waals surface area contributed by atoms with Gasteiger partial charge in [-0.1, -0.05) is 65.5 Å². The summed E-state index contributed by atoms with van der Waals surface area (Å²) in [7, 11) is 0. The van der Waals surface area contributed by atoms with E-state index in [1.54, 1.807) is 0 Å². The minimum Gasteiger partial charge on any atom is -0.393 e. The molecule has 4 unspecified atom stereocenters. The predicted molar refractivity (Wildman–Crippen MR) is 150 cm³/mol. The van der Waals surface area contributed by atoms with Crippen LogP contribution in [0.4, 0.5) is 4.79 Å². The molecular formula is C30H50ClN3O3. The van der Waals surface area contributed by atoms with E-state index < -0.39 is 6.03 Å². The lowest BCUT2D eigenvalue weighted by Gasteiger charge is -2.60. The zero-order valence-electron chi connectivity index (χ0n) is 23.7. The number of aliphatic hydroxyl groups is 1. The van der Waals surface area contributed by atoms with Crippen LogP contribution in [0.2, 0.25) is 0 Å². The van der Waals surface area contributed by atoms with Crippen molar-refractivity contribution in [2.75, 3.05) is 12.4 Å². The molecule has 0 aliphatic heterocycles. The average molecular weight is 536 g/mol. The molecule has 4 aliphatic carbocycles. The first-order valence-corrected chi connectivity index (χ1v) is 15.4. The highest BCUT2D eigenvalue weighted by Crippen LogP contribution is 2.67. The number of carbonyl (C=O) groups is 1. The number of rotatable bonds is 9. The fraction of sp³-hybridized carbons (Fsp3) is 0.900. The van der Waals surface area contributed by atoms with Gasteiger partial charge in [0.25, 0.3) is 0 Å². The van der Waals surface area contributed by atoms with Crippen LogP contribution in [0.3, 0.4) is 0 Å². The molecule has 6 nitrogen and oxygen atoms in total. The molecule has 0 saturated heterocycles. The van der Waals surface area contributed by atoms with Gasteiger partial charge in [0.2, 0.25) is 0 Å². The molecule has 3 saturated carbocycles. The van der Waals surface area contributed by atoms with Crippen LogP contribution in [-0.2, 0) is 0 Å². The number of fused-ring (bicyclic) bond motifs is 5. The monoisotopic (exact) mass is 535 g/mol. The van der Waals surface area contributed by atoms with Crippen molar-refractivity contribution in [2.24, 2.45) is 51.6 Å². The summed E-state index contributed by atoms with van der Waals surface area (Å²) in [5.74, 6) is 3.72. The molecule has 0 radical (unpaired) electrons. The number of hydrogen-bond acceptors (Lipinski definition) is 4. The predicted octanol–water partition coefficient (Wildman–Crippen LogP) is 7.30. The number of urea groups is 1. The summed E-state index contributed by atoms with van der Waals surface area (Å²) in [4.78, 5) is 24.5. The molecule has 0 aromatic rings. The molecule has 37 heavy (non-hydrogen) atoms. The summed E-state index contributed by atoms with van der Waals surface area (Å²) in [6, 6.07) is -0.606. The number of nitroso groups, excluding NO2 is 1. The minimum absolute atomic E-state index is 0.0756. The molecule has 2 N–H and O–H groups in total. The Hall–Kier alpha value is -1.14. The highest BCUT2D eigenvalue weighted by molar-refractivity contribution is 6.18. The highest BCUT2D eigenvalue weighted by Gasteiger charge is 2.61. The van der Waals surface area contributed by atoms with Gasteiger partial charge >= 0.3 is 6.03 Å². The quantitative estimate of drug-likeness (QED) is 0.141. The molecular weight excluding hydrogens is 486 g/mol. The summed E-state index contributed by atoms with van der Waals surface area (Å²) in [5.41, 5.74) is 1.64. The molecule has 4 aliphatic rings. The maximum absolute atomic E-state index is 13.1. The lowest BCUT2D eigenvalue weighted by Crippen LogP contribution is -2.59. The van der Waals surface area contributed by atoms with E-state index in [2.05, 4.69) is 51.3 Å². The van der Waals surface area contributed by atoms with Gasteiger partial charge in [0.05, 0.1) is 24.0 Å². The Morgan fingerprint density at radius 3 is 2.59 bits per heavy atom. The van der Waals surface area contributed by atoms with Gasteiger partial charge in [-0.2, -0.15) is 5.01 Å². The van der Waals surface area contributed by atoms with Gasteiger partial charge in [0.1, 0.15) is 0 Å². The van der Waals surface area contributed by atoms with Crippen molar-refractivity contribution in [2.45, 2.75) is 111 Å². The first-order valence-electron chi connectivity index (χ1n) is 14.9. The van der Waals surface area contributed by atoms with Gasteiger partial charge in [0, 0.05) is 5.88 Å². The zero-order valence-corrected chi connectivity index (χ0v) is 24.5. The maximum Gasteiger partial charge on any atom is 0.340 e.